The monoisotopic (exact) mass is 129 g/mol. The molecule has 0 bridgehead atoms. The van der Waals surface area contributed by atoms with Gasteiger partial charge in [-0.3, -0.25) is 4.99 Å². The number of hydrogen-bond donors (Lipinski definition) is 2. The van der Waals surface area contributed by atoms with Crippen LogP contribution in [0.25, 0.3) is 0 Å². The first kappa shape index (κ1) is 8.43. The fourth-order valence-electron chi connectivity index (χ4n) is 0.593. The zero-order valence-electron chi connectivity index (χ0n) is 6.15. The zero-order chi connectivity index (χ0) is 7.11. The number of rotatable bonds is 3. The highest BCUT2D eigenvalue weighted by Gasteiger charge is 1.90. The summed E-state index contributed by atoms with van der Waals surface area (Å²) in [7, 11) is 1.74. The summed E-state index contributed by atoms with van der Waals surface area (Å²) in [5.41, 5.74) is 2.54. The zero-order valence-corrected chi connectivity index (χ0v) is 6.15. The van der Waals surface area contributed by atoms with Crippen molar-refractivity contribution in [3.8, 4) is 0 Å². The molecule has 0 atom stereocenters. The maximum atomic E-state index is 5.14. The van der Waals surface area contributed by atoms with Crippen LogP contribution in [-0.4, -0.2) is 12.9 Å². The molecule has 0 heterocycles. The Kier molecular flexibility index (Phi) is 5.21. The second-order valence-electron chi connectivity index (χ2n) is 1.92. The molecule has 0 saturated heterocycles. The highest BCUT2D eigenvalue weighted by molar-refractivity contribution is 5.81. The summed E-state index contributed by atoms with van der Waals surface area (Å²) in [5, 5.41) is 0. The van der Waals surface area contributed by atoms with Crippen molar-refractivity contribution >= 4 is 5.84 Å². The van der Waals surface area contributed by atoms with Gasteiger partial charge in [-0.2, -0.15) is 0 Å². The molecule has 0 saturated carbocycles. The van der Waals surface area contributed by atoms with E-state index in [9.17, 15) is 0 Å². The van der Waals surface area contributed by atoms with Crippen LogP contribution in [-0.2, 0) is 0 Å². The Morgan fingerprint density at radius 3 is 2.67 bits per heavy atom. The van der Waals surface area contributed by atoms with E-state index in [4.69, 9.17) is 5.84 Å². The second-order valence-corrected chi connectivity index (χ2v) is 1.92. The number of nitrogens with one attached hydrogen (secondary N) is 1. The van der Waals surface area contributed by atoms with E-state index in [0.29, 0.717) is 0 Å². The lowest BCUT2D eigenvalue weighted by Gasteiger charge is -2.00. The summed E-state index contributed by atoms with van der Waals surface area (Å²) < 4.78 is 0. The standard InChI is InChI=1S/C6H15N3/c1-3-4-5-6(8-2)9-7/h3-5,7H2,1-2H3,(H,8,9). The third kappa shape index (κ3) is 3.97. The maximum absolute atomic E-state index is 5.14. The van der Waals surface area contributed by atoms with Gasteiger partial charge in [-0.15, -0.1) is 0 Å². The van der Waals surface area contributed by atoms with E-state index < -0.39 is 0 Å². The van der Waals surface area contributed by atoms with E-state index in [-0.39, 0.29) is 0 Å². The molecule has 3 nitrogen and oxygen atoms in total. The minimum Gasteiger partial charge on any atom is -0.312 e. The van der Waals surface area contributed by atoms with Gasteiger partial charge in [0.05, 0.1) is 0 Å². The molecule has 0 aliphatic carbocycles. The summed E-state index contributed by atoms with van der Waals surface area (Å²) in [4.78, 5) is 3.92. The Balaban J connectivity index is 3.33. The molecule has 0 aromatic carbocycles. The van der Waals surface area contributed by atoms with Crippen molar-refractivity contribution < 1.29 is 0 Å². The van der Waals surface area contributed by atoms with Crippen molar-refractivity contribution in [1.29, 1.82) is 0 Å². The number of aliphatic imine (C=N–C) groups is 1. The van der Waals surface area contributed by atoms with Crippen LogP contribution in [0.4, 0.5) is 0 Å². The molecule has 0 aromatic rings. The third-order valence-electron chi connectivity index (χ3n) is 1.20. The Hall–Kier alpha value is -0.570. The molecular weight excluding hydrogens is 114 g/mol. The third-order valence-corrected chi connectivity index (χ3v) is 1.20. The van der Waals surface area contributed by atoms with E-state index in [2.05, 4.69) is 17.3 Å². The maximum Gasteiger partial charge on any atom is 0.110 e. The minimum atomic E-state index is 0.886. The molecule has 0 aliphatic heterocycles. The van der Waals surface area contributed by atoms with Gasteiger partial charge in [-0.05, 0) is 6.42 Å². The summed E-state index contributed by atoms with van der Waals surface area (Å²) >= 11 is 0. The lowest BCUT2D eigenvalue weighted by atomic mass is 10.2. The number of nitrogens with zero attached hydrogens (tertiary/aromatic N) is 1. The van der Waals surface area contributed by atoms with Gasteiger partial charge in [0.1, 0.15) is 5.84 Å². The fourth-order valence-corrected chi connectivity index (χ4v) is 0.593. The van der Waals surface area contributed by atoms with Gasteiger partial charge in [0.25, 0.3) is 0 Å². The average molecular weight is 129 g/mol. The average Bonchev–Trinajstić information content (AvgIpc) is 1.91. The molecule has 0 amide bonds. The molecule has 0 aromatic heterocycles. The van der Waals surface area contributed by atoms with Crippen molar-refractivity contribution in [3.63, 3.8) is 0 Å². The van der Waals surface area contributed by atoms with Gasteiger partial charge in [0.2, 0.25) is 0 Å². The van der Waals surface area contributed by atoms with Gasteiger partial charge < -0.3 is 5.43 Å². The molecule has 0 spiro atoms. The van der Waals surface area contributed by atoms with Crippen LogP contribution in [0.5, 0.6) is 0 Å². The van der Waals surface area contributed by atoms with Crippen LogP contribution >= 0.6 is 0 Å². The van der Waals surface area contributed by atoms with Gasteiger partial charge >= 0.3 is 0 Å². The van der Waals surface area contributed by atoms with E-state index >= 15 is 0 Å². The summed E-state index contributed by atoms with van der Waals surface area (Å²) in [6.07, 6.45) is 3.29. The molecule has 0 aliphatic rings. The van der Waals surface area contributed by atoms with Crippen LogP contribution in [0.1, 0.15) is 26.2 Å². The van der Waals surface area contributed by atoms with Crippen molar-refractivity contribution in [2.24, 2.45) is 10.8 Å². The van der Waals surface area contributed by atoms with Gasteiger partial charge in [-0.25, -0.2) is 5.84 Å². The molecule has 3 N–H and O–H groups in total. The number of amidine groups is 1. The van der Waals surface area contributed by atoms with Crippen LogP contribution < -0.4 is 11.3 Å². The summed E-state index contributed by atoms with van der Waals surface area (Å²) in [6, 6.07) is 0. The first-order chi connectivity index (χ1) is 4.35. The molecule has 0 fully saturated rings. The predicted molar refractivity (Wildman–Crippen MR) is 40.2 cm³/mol. The first-order valence-electron chi connectivity index (χ1n) is 3.27. The number of unbranched alkanes of at least 4 members (excludes halogenated alkanes) is 1. The van der Waals surface area contributed by atoms with E-state index in [1.165, 1.54) is 6.42 Å². The highest BCUT2D eigenvalue weighted by atomic mass is 15.2. The number of hydrogen-bond acceptors (Lipinski definition) is 2. The molecule has 9 heavy (non-hydrogen) atoms. The van der Waals surface area contributed by atoms with Crippen LogP contribution in [0.15, 0.2) is 4.99 Å². The van der Waals surface area contributed by atoms with E-state index in [0.717, 1.165) is 18.7 Å². The van der Waals surface area contributed by atoms with Crippen LogP contribution in [0.3, 0.4) is 0 Å². The molecule has 0 rings (SSSR count). The van der Waals surface area contributed by atoms with Crippen molar-refractivity contribution in [3.05, 3.63) is 0 Å². The Labute approximate surface area is 56.3 Å². The molecule has 0 unspecified atom stereocenters. The Bertz CT molecular complexity index is 88.3. The lowest BCUT2D eigenvalue weighted by Crippen LogP contribution is -2.29. The van der Waals surface area contributed by atoms with Crippen molar-refractivity contribution in [2.75, 3.05) is 7.05 Å². The van der Waals surface area contributed by atoms with E-state index in [1.54, 1.807) is 7.05 Å². The topological polar surface area (TPSA) is 50.4 Å². The van der Waals surface area contributed by atoms with Gasteiger partial charge in [-0.1, -0.05) is 13.3 Å². The number of nitrogens with two attached hydrogens (primary N) is 1. The predicted octanol–water partition coefficient (Wildman–Crippen LogP) is 0.668. The number of hydrazine groups is 1. The molecule has 3 heteroatoms. The quantitative estimate of drug-likeness (QED) is 0.255. The highest BCUT2D eigenvalue weighted by Crippen LogP contribution is 1.93. The van der Waals surface area contributed by atoms with Crippen LogP contribution in [0, 0.1) is 0 Å². The largest absolute Gasteiger partial charge is 0.312 e. The molecule has 54 valence electrons. The van der Waals surface area contributed by atoms with Crippen molar-refractivity contribution in [2.45, 2.75) is 26.2 Å². The summed E-state index contributed by atoms with van der Waals surface area (Å²) in [6.45, 7) is 2.14. The second kappa shape index (κ2) is 5.56. The summed E-state index contributed by atoms with van der Waals surface area (Å²) in [5.74, 6) is 6.03. The lowest BCUT2D eigenvalue weighted by molar-refractivity contribution is 0.807. The SMILES string of the molecule is CCCCC(=NC)NN. The Morgan fingerprint density at radius 2 is 2.33 bits per heavy atom. The van der Waals surface area contributed by atoms with Crippen LogP contribution in [0.2, 0.25) is 0 Å². The normalized spacial score (nSPS) is 11.7. The minimum absolute atomic E-state index is 0.886. The fraction of sp³-hybridized carbons (Fsp3) is 0.833. The smallest absolute Gasteiger partial charge is 0.110 e. The molecule has 0 radical (unpaired) electrons. The van der Waals surface area contributed by atoms with Crippen molar-refractivity contribution in [1.82, 2.24) is 5.43 Å². The first-order valence-corrected chi connectivity index (χ1v) is 3.27. The van der Waals surface area contributed by atoms with Gasteiger partial charge in [0.15, 0.2) is 0 Å². The van der Waals surface area contributed by atoms with Gasteiger partial charge in [0, 0.05) is 13.5 Å². The molecular formula is C6H15N3. The Morgan fingerprint density at radius 1 is 1.67 bits per heavy atom. The van der Waals surface area contributed by atoms with E-state index in [1.807, 2.05) is 0 Å².